The first-order valence-corrected chi connectivity index (χ1v) is 7.90. The quantitative estimate of drug-likeness (QED) is 0.783. The van der Waals surface area contributed by atoms with Gasteiger partial charge in [-0.15, -0.1) is 0 Å². The molecule has 0 saturated heterocycles. The van der Waals surface area contributed by atoms with Crippen LogP contribution in [-0.2, 0) is 15.6 Å². The lowest BCUT2D eigenvalue weighted by atomic mass is 10.2. The van der Waals surface area contributed by atoms with Crippen molar-refractivity contribution in [3.63, 3.8) is 0 Å². The number of hydrogen-bond acceptors (Lipinski definition) is 3. The summed E-state index contributed by atoms with van der Waals surface area (Å²) in [6, 6.07) is 0. The first-order valence-electron chi connectivity index (χ1n) is 5.59. The maximum Gasteiger partial charge on any atom is 0.389 e. The number of rotatable bonds is 5. The molecule has 0 amide bonds. The summed E-state index contributed by atoms with van der Waals surface area (Å²) in [6.07, 6.45) is -4.11. The molecule has 0 aliphatic rings. The van der Waals surface area contributed by atoms with Crippen LogP contribution in [0, 0.1) is 0 Å². The molecule has 4 nitrogen and oxygen atoms in total. The Morgan fingerprint density at radius 2 is 2.00 bits per heavy atom. The number of nitrogens with zero attached hydrogens (tertiary/aromatic N) is 2. The predicted molar refractivity (Wildman–Crippen MR) is 64.6 cm³/mol. The highest BCUT2D eigenvalue weighted by atomic mass is 35.7. The number of aryl methyl sites for hydroxylation is 1. The molecule has 1 rings (SSSR count). The third-order valence-corrected chi connectivity index (χ3v) is 3.58. The van der Waals surface area contributed by atoms with Gasteiger partial charge in [0.2, 0.25) is 0 Å². The molecular formula is C10H14ClF3N2O2S. The smallest absolute Gasteiger partial charge is 0.333 e. The zero-order valence-electron chi connectivity index (χ0n) is 10.4. The van der Waals surface area contributed by atoms with Crippen molar-refractivity contribution in [2.45, 2.75) is 50.4 Å². The van der Waals surface area contributed by atoms with E-state index in [4.69, 9.17) is 10.7 Å². The summed E-state index contributed by atoms with van der Waals surface area (Å²) in [7, 11) is 1.20. The summed E-state index contributed by atoms with van der Waals surface area (Å²) in [5, 5.41) is -0.329. The fourth-order valence-electron chi connectivity index (χ4n) is 1.61. The lowest BCUT2D eigenvalue weighted by Gasteiger charge is -2.10. The minimum atomic E-state index is -4.22. The van der Waals surface area contributed by atoms with Crippen LogP contribution in [0.3, 0.4) is 0 Å². The fraction of sp³-hybridized carbons (Fsp3) is 0.700. The summed E-state index contributed by atoms with van der Waals surface area (Å²) in [5.41, 5.74) is 0. The molecule has 9 heteroatoms. The Balaban J connectivity index is 2.90. The van der Waals surface area contributed by atoms with Crippen LogP contribution >= 0.6 is 10.7 Å². The number of hydrogen-bond donors (Lipinski definition) is 0. The number of halogens is 4. The van der Waals surface area contributed by atoms with Gasteiger partial charge in [0.25, 0.3) is 9.05 Å². The van der Waals surface area contributed by atoms with Gasteiger partial charge in [0.15, 0.2) is 5.03 Å². The normalized spacial score (nSPS) is 13.2. The molecule has 0 aliphatic heterocycles. The summed E-state index contributed by atoms with van der Waals surface area (Å²) < 4.78 is 59.9. The van der Waals surface area contributed by atoms with Crippen molar-refractivity contribution >= 4 is 19.7 Å². The molecule has 1 heterocycles. The van der Waals surface area contributed by atoms with E-state index in [0.717, 1.165) is 0 Å². The maximum absolute atomic E-state index is 12.1. The lowest BCUT2D eigenvalue weighted by molar-refractivity contribution is -0.135. The molecule has 0 N–H and O–H groups in total. The number of aromatic nitrogens is 2. The topological polar surface area (TPSA) is 52.0 Å². The van der Waals surface area contributed by atoms with E-state index in [0.29, 0.717) is 5.82 Å². The Morgan fingerprint density at radius 3 is 2.42 bits per heavy atom. The molecule has 0 radical (unpaired) electrons. The first kappa shape index (κ1) is 16.3. The Kier molecular flexibility index (Phi) is 4.89. The third kappa shape index (κ3) is 5.02. The summed E-state index contributed by atoms with van der Waals surface area (Å²) in [6.45, 7) is 3.59. The Labute approximate surface area is 114 Å². The van der Waals surface area contributed by atoms with Crippen LogP contribution in [0.25, 0.3) is 0 Å². The highest BCUT2D eigenvalue weighted by Gasteiger charge is 2.26. The van der Waals surface area contributed by atoms with Crippen molar-refractivity contribution < 1.29 is 21.6 Å². The molecule has 0 saturated carbocycles. The van der Waals surface area contributed by atoms with Gasteiger partial charge in [-0.3, -0.25) is 0 Å². The van der Waals surface area contributed by atoms with Gasteiger partial charge in [0.1, 0.15) is 5.82 Å². The number of imidazole rings is 1. The molecule has 19 heavy (non-hydrogen) atoms. The summed E-state index contributed by atoms with van der Waals surface area (Å²) in [5.74, 6) is 0.291. The molecule has 0 unspecified atom stereocenters. The molecular weight excluding hydrogens is 305 g/mol. The molecule has 0 fully saturated rings. The van der Waals surface area contributed by atoms with E-state index in [-0.39, 0.29) is 23.9 Å². The van der Waals surface area contributed by atoms with E-state index in [1.54, 1.807) is 13.8 Å². The minimum Gasteiger partial charge on any atom is -0.333 e. The second kappa shape index (κ2) is 5.70. The molecule has 0 bridgehead atoms. The standard InChI is InChI=1S/C10H14ClF3N2O2S/c1-7(2)9-15-8(19(11,17)18)6-16(9)5-3-4-10(12,13)14/h6-7H,3-5H2,1-2H3. The summed E-state index contributed by atoms with van der Waals surface area (Å²) in [4.78, 5) is 3.86. The molecule has 1 aromatic rings. The van der Waals surface area contributed by atoms with Crippen molar-refractivity contribution in [2.24, 2.45) is 0 Å². The molecule has 0 aliphatic carbocycles. The zero-order chi connectivity index (χ0) is 14.8. The van der Waals surface area contributed by atoms with Crippen molar-refractivity contribution in [2.75, 3.05) is 0 Å². The van der Waals surface area contributed by atoms with Crippen LogP contribution in [0.1, 0.15) is 38.4 Å². The Hall–Kier alpha value is -0.760. The van der Waals surface area contributed by atoms with E-state index in [2.05, 4.69) is 4.98 Å². The average molecular weight is 319 g/mol. The highest BCUT2D eigenvalue weighted by molar-refractivity contribution is 8.13. The van der Waals surface area contributed by atoms with Gasteiger partial charge in [-0.25, -0.2) is 13.4 Å². The van der Waals surface area contributed by atoms with Crippen LogP contribution < -0.4 is 0 Å². The molecule has 0 atom stereocenters. The molecule has 1 aromatic heterocycles. The third-order valence-electron chi connectivity index (χ3n) is 2.41. The van der Waals surface area contributed by atoms with Gasteiger partial charge in [0.05, 0.1) is 0 Å². The van der Waals surface area contributed by atoms with Crippen molar-refractivity contribution in [3.05, 3.63) is 12.0 Å². The van der Waals surface area contributed by atoms with Crippen LogP contribution in [-0.4, -0.2) is 24.1 Å². The van der Waals surface area contributed by atoms with Crippen molar-refractivity contribution in [3.8, 4) is 0 Å². The van der Waals surface area contributed by atoms with Gasteiger partial charge in [-0.1, -0.05) is 13.8 Å². The largest absolute Gasteiger partial charge is 0.389 e. The minimum absolute atomic E-state index is 0.0480. The van der Waals surface area contributed by atoms with Gasteiger partial charge >= 0.3 is 6.18 Å². The zero-order valence-corrected chi connectivity index (χ0v) is 12.0. The van der Waals surface area contributed by atoms with Gasteiger partial charge in [0, 0.05) is 35.8 Å². The van der Waals surface area contributed by atoms with E-state index < -0.39 is 21.6 Å². The van der Waals surface area contributed by atoms with Crippen LogP contribution in [0.2, 0.25) is 0 Å². The van der Waals surface area contributed by atoms with E-state index in [9.17, 15) is 21.6 Å². The average Bonchev–Trinajstić information content (AvgIpc) is 2.59. The van der Waals surface area contributed by atoms with Crippen molar-refractivity contribution in [1.82, 2.24) is 9.55 Å². The highest BCUT2D eigenvalue weighted by Crippen LogP contribution is 2.24. The second-order valence-corrected chi connectivity index (χ2v) is 6.95. The Morgan fingerprint density at radius 1 is 1.42 bits per heavy atom. The Bertz CT molecular complexity index is 537. The monoisotopic (exact) mass is 318 g/mol. The van der Waals surface area contributed by atoms with E-state index in [1.807, 2.05) is 0 Å². The fourth-order valence-corrected chi connectivity index (χ4v) is 2.29. The lowest BCUT2D eigenvalue weighted by Crippen LogP contribution is -2.10. The summed E-state index contributed by atoms with van der Waals surface area (Å²) >= 11 is 0. The van der Waals surface area contributed by atoms with Crippen molar-refractivity contribution in [1.29, 1.82) is 0 Å². The molecule has 0 spiro atoms. The van der Waals surface area contributed by atoms with Crippen LogP contribution in [0.4, 0.5) is 13.2 Å². The first-order chi connectivity index (χ1) is 8.50. The van der Waals surface area contributed by atoms with E-state index >= 15 is 0 Å². The predicted octanol–water partition coefficient (Wildman–Crippen LogP) is 3.28. The number of alkyl halides is 3. The maximum atomic E-state index is 12.1. The molecule has 110 valence electrons. The van der Waals surface area contributed by atoms with E-state index in [1.165, 1.54) is 10.8 Å². The van der Waals surface area contributed by atoms with Crippen LogP contribution in [0.15, 0.2) is 11.2 Å². The van der Waals surface area contributed by atoms with Gasteiger partial charge < -0.3 is 4.57 Å². The molecule has 0 aromatic carbocycles. The second-order valence-electron chi connectivity index (χ2n) is 4.44. The van der Waals surface area contributed by atoms with Gasteiger partial charge in [-0.2, -0.15) is 13.2 Å². The van der Waals surface area contributed by atoms with Crippen LogP contribution in [0.5, 0.6) is 0 Å². The SMILES string of the molecule is CC(C)c1nc(S(=O)(=O)Cl)cn1CCCC(F)(F)F. The van der Waals surface area contributed by atoms with Gasteiger partial charge in [-0.05, 0) is 6.42 Å².